The van der Waals surface area contributed by atoms with Gasteiger partial charge < -0.3 is 5.32 Å². The summed E-state index contributed by atoms with van der Waals surface area (Å²) >= 11 is 0. The average Bonchev–Trinajstić information content (AvgIpc) is 2.02. The zero-order valence-electron chi connectivity index (χ0n) is 6.91. The Morgan fingerprint density at radius 3 is 2.75 bits per heavy atom. The third-order valence-corrected chi connectivity index (χ3v) is 2.51. The number of nitrogens with two attached hydrogens (primary N) is 1. The highest BCUT2D eigenvalue weighted by Crippen LogP contribution is 2.05. The lowest BCUT2D eigenvalue weighted by Crippen LogP contribution is -2.45. The minimum atomic E-state index is -3.51. The summed E-state index contributed by atoms with van der Waals surface area (Å²) in [7, 11) is -3.51. The Kier molecular flexibility index (Phi) is 3.45. The second-order valence-corrected chi connectivity index (χ2v) is 4.42. The van der Waals surface area contributed by atoms with E-state index in [0.29, 0.717) is 6.54 Å². The Bertz CT molecular complexity index is 221. The largest absolute Gasteiger partial charge is 0.313 e. The molecule has 1 heterocycles. The van der Waals surface area contributed by atoms with Gasteiger partial charge in [-0.3, -0.25) is 0 Å². The fraction of sp³-hybridized carbons (Fsp3) is 1.00. The van der Waals surface area contributed by atoms with Gasteiger partial charge in [0.25, 0.3) is 10.2 Å². The van der Waals surface area contributed by atoms with E-state index in [1.54, 1.807) is 0 Å². The standard InChI is InChI=1S/C6H15N3O2S/c7-12(10,11)9-5-6-3-1-2-4-8-6/h6,8-9H,1-5H2,(H2,7,10,11)/t6-/m0/s1. The fourth-order valence-electron chi connectivity index (χ4n) is 1.31. The van der Waals surface area contributed by atoms with E-state index < -0.39 is 10.2 Å². The van der Waals surface area contributed by atoms with Gasteiger partial charge in [-0.15, -0.1) is 0 Å². The van der Waals surface area contributed by atoms with Gasteiger partial charge in [0.2, 0.25) is 0 Å². The Hall–Kier alpha value is -0.170. The Morgan fingerprint density at radius 2 is 2.25 bits per heavy atom. The Morgan fingerprint density at radius 1 is 1.50 bits per heavy atom. The van der Waals surface area contributed by atoms with Gasteiger partial charge in [0.05, 0.1) is 0 Å². The molecular formula is C6H15N3O2S. The van der Waals surface area contributed by atoms with Crippen LogP contribution in [0.15, 0.2) is 0 Å². The molecule has 0 saturated carbocycles. The molecule has 0 amide bonds. The van der Waals surface area contributed by atoms with Crippen molar-refractivity contribution in [2.75, 3.05) is 13.1 Å². The normalized spacial score (nSPS) is 25.6. The van der Waals surface area contributed by atoms with E-state index in [9.17, 15) is 8.42 Å². The van der Waals surface area contributed by atoms with Crippen LogP contribution in [0.3, 0.4) is 0 Å². The summed E-state index contributed by atoms with van der Waals surface area (Å²) in [4.78, 5) is 0. The van der Waals surface area contributed by atoms with Crippen molar-refractivity contribution in [3.8, 4) is 0 Å². The molecule has 0 aliphatic carbocycles. The molecule has 0 spiro atoms. The van der Waals surface area contributed by atoms with Gasteiger partial charge in [-0.05, 0) is 19.4 Å². The van der Waals surface area contributed by atoms with E-state index in [1.165, 1.54) is 6.42 Å². The summed E-state index contributed by atoms with van der Waals surface area (Å²) in [5.74, 6) is 0. The van der Waals surface area contributed by atoms with Gasteiger partial charge in [-0.1, -0.05) is 6.42 Å². The minimum Gasteiger partial charge on any atom is -0.313 e. The van der Waals surface area contributed by atoms with Crippen molar-refractivity contribution in [3.63, 3.8) is 0 Å². The van der Waals surface area contributed by atoms with E-state index >= 15 is 0 Å². The molecule has 0 unspecified atom stereocenters. The maximum Gasteiger partial charge on any atom is 0.274 e. The molecule has 1 saturated heterocycles. The highest BCUT2D eigenvalue weighted by molar-refractivity contribution is 7.87. The van der Waals surface area contributed by atoms with Crippen LogP contribution in [0, 0.1) is 0 Å². The Labute approximate surface area is 72.9 Å². The van der Waals surface area contributed by atoms with Crippen molar-refractivity contribution in [2.24, 2.45) is 5.14 Å². The second kappa shape index (κ2) is 4.18. The lowest BCUT2D eigenvalue weighted by molar-refractivity contribution is 0.398. The molecule has 1 fully saturated rings. The smallest absolute Gasteiger partial charge is 0.274 e. The van der Waals surface area contributed by atoms with E-state index in [-0.39, 0.29) is 6.04 Å². The summed E-state index contributed by atoms with van der Waals surface area (Å²) in [5.41, 5.74) is 0. The summed E-state index contributed by atoms with van der Waals surface area (Å²) in [6.07, 6.45) is 3.35. The predicted molar refractivity (Wildman–Crippen MR) is 46.8 cm³/mol. The minimum absolute atomic E-state index is 0.247. The van der Waals surface area contributed by atoms with Gasteiger partial charge >= 0.3 is 0 Å². The molecule has 0 aromatic carbocycles. The first-order valence-corrected chi connectivity index (χ1v) is 5.63. The summed E-state index contributed by atoms with van der Waals surface area (Å²) in [5, 5.41) is 8.00. The highest BCUT2D eigenvalue weighted by Gasteiger charge is 2.13. The lowest BCUT2D eigenvalue weighted by atomic mass is 10.1. The predicted octanol–water partition coefficient (Wildman–Crippen LogP) is -1.08. The quantitative estimate of drug-likeness (QED) is 0.533. The fourth-order valence-corrected chi connectivity index (χ4v) is 1.75. The average molecular weight is 193 g/mol. The summed E-state index contributed by atoms with van der Waals surface area (Å²) in [6.45, 7) is 1.37. The van der Waals surface area contributed by atoms with Crippen molar-refractivity contribution in [1.82, 2.24) is 10.0 Å². The molecule has 1 rings (SSSR count). The van der Waals surface area contributed by atoms with E-state index in [1.807, 2.05) is 0 Å². The monoisotopic (exact) mass is 193 g/mol. The van der Waals surface area contributed by atoms with Crippen molar-refractivity contribution in [1.29, 1.82) is 0 Å². The van der Waals surface area contributed by atoms with Crippen molar-refractivity contribution in [2.45, 2.75) is 25.3 Å². The zero-order chi connectivity index (χ0) is 9.03. The van der Waals surface area contributed by atoms with Crippen LogP contribution in [0.4, 0.5) is 0 Å². The summed E-state index contributed by atoms with van der Waals surface area (Å²) < 4.78 is 23.3. The van der Waals surface area contributed by atoms with Gasteiger partial charge in [0.15, 0.2) is 0 Å². The molecule has 0 aromatic heterocycles. The maximum absolute atomic E-state index is 10.5. The number of piperidine rings is 1. The van der Waals surface area contributed by atoms with E-state index in [2.05, 4.69) is 10.0 Å². The molecule has 6 heteroatoms. The number of nitrogens with one attached hydrogen (secondary N) is 2. The maximum atomic E-state index is 10.5. The van der Waals surface area contributed by atoms with Crippen LogP contribution in [-0.4, -0.2) is 27.5 Å². The molecule has 4 N–H and O–H groups in total. The van der Waals surface area contributed by atoms with Crippen LogP contribution in [0.2, 0.25) is 0 Å². The van der Waals surface area contributed by atoms with Gasteiger partial charge in [-0.25, -0.2) is 9.86 Å². The Balaban J connectivity index is 2.22. The third-order valence-electron chi connectivity index (χ3n) is 1.94. The third kappa shape index (κ3) is 4.01. The van der Waals surface area contributed by atoms with Gasteiger partial charge in [-0.2, -0.15) is 8.42 Å². The first-order chi connectivity index (χ1) is 5.58. The molecule has 0 radical (unpaired) electrons. The van der Waals surface area contributed by atoms with Gasteiger partial charge in [0, 0.05) is 12.6 Å². The van der Waals surface area contributed by atoms with Gasteiger partial charge in [0.1, 0.15) is 0 Å². The van der Waals surface area contributed by atoms with Crippen molar-refractivity contribution < 1.29 is 8.42 Å². The molecule has 1 atom stereocenters. The molecule has 72 valence electrons. The molecule has 5 nitrogen and oxygen atoms in total. The highest BCUT2D eigenvalue weighted by atomic mass is 32.2. The van der Waals surface area contributed by atoms with Crippen LogP contribution in [-0.2, 0) is 10.2 Å². The van der Waals surface area contributed by atoms with Crippen LogP contribution >= 0.6 is 0 Å². The molecule has 1 aliphatic heterocycles. The van der Waals surface area contributed by atoms with Crippen LogP contribution in [0.25, 0.3) is 0 Å². The zero-order valence-corrected chi connectivity index (χ0v) is 7.73. The molecule has 0 aromatic rings. The van der Waals surface area contributed by atoms with E-state index in [0.717, 1.165) is 19.4 Å². The lowest BCUT2D eigenvalue weighted by Gasteiger charge is -2.22. The molecule has 0 bridgehead atoms. The number of hydrogen-bond donors (Lipinski definition) is 3. The van der Waals surface area contributed by atoms with Crippen molar-refractivity contribution in [3.05, 3.63) is 0 Å². The number of hydrogen-bond acceptors (Lipinski definition) is 3. The molecule has 12 heavy (non-hydrogen) atoms. The van der Waals surface area contributed by atoms with Crippen molar-refractivity contribution >= 4 is 10.2 Å². The number of rotatable bonds is 3. The van der Waals surface area contributed by atoms with Crippen LogP contribution in [0.5, 0.6) is 0 Å². The summed E-state index contributed by atoms with van der Waals surface area (Å²) in [6, 6.07) is 0.247. The first-order valence-electron chi connectivity index (χ1n) is 4.09. The van der Waals surface area contributed by atoms with Crippen LogP contribution in [0.1, 0.15) is 19.3 Å². The SMILES string of the molecule is NS(=O)(=O)NC[C@@H]1CCCCN1. The topological polar surface area (TPSA) is 84.2 Å². The van der Waals surface area contributed by atoms with E-state index in [4.69, 9.17) is 5.14 Å². The van der Waals surface area contributed by atoms with Crippen LogP contribution < -0.4 is 15.2 Å². The molecule has 1 aliphatic rings. The first kappa shape index (κ1) is 9.91. The second-order valence-electron chi connectivity index (χ2n) is 3.04. The molecular weight excluding hydrogens is 178 g/mol.